The zero-order chi connectivity index (χ0) is 19.8. The fraction of sp³-hybridized carbons (Fsp3) is 0.0435. The van der Waals surface area contributed by atoms with E-state index in [0.717, 1.165) is 5.56 Å². The van der Waals surface area contributed by atoms with Crippen LogP contribution in [0.5, 0.6) is 0 Å². The van der Waals surface area contributed by atoms with Crippen molar-refractivity contribution in [2.75, 3.05) is 0 Å². The summed E-state index contributed by atoms with van der Waals surface area (Å²) in [6.07, 6.45) is 0. The molecular formula is C23H19ClN2O2. The van der Waals surface area contributed by atoms with Crippen molar-refractivity contribution in [2.24, 2.45) is 0 Å². The van der Waals surface area contributed by atoms with Crippen molar-refractivity contribution in [2.45, 2.75) is 6.54 Å². The fourth-order valence-electron chi connectivity index (χ4n) is 2.58. The quantitative estimate of drug-likeness (QED) is 0.615. The summed E-state index contributed by atoms with van der Waals surface area (Å²) in [6.45, 7) is 0.323. The second kappa shape index (κ2) is 9.53. The third-order valence-corrected chi connectivity index (χ3v) is 4.45. The highest BCUT2D eigenvalue weighted by Gasteiger charge is 2.19. The fourth-order valence-corrected chi connectivity index (χ4v) is 2.84. The Kier molecular flexibility index (Phi) is 6.60. The molecule has 0 heterocycles. The molecule has 2 amide bonds. The first-order valence-corrected chi connectivity index (χ1v) is 9.16. The summed E-state index contributed by atoms with van der Waals surface area (Å²) in [5.74, 6) is -0.860. The monoisotopic (exact) mass is 390 g/mol. The van der Waals surface area contributed by atoms with Gasteiger partial charge in [-0.15, -0.1) is 0 Å². The van der Waals surface area contributed by atoms with Crippen molar-refractivity contribution in [1.82, 2.24) is 10.6 Å². The minimum Gasteiger partial charge on any atom is -0.347 e. The molecule has 0 atom stereocenters. The highest BCUT2D eigenvalue weighted by atomic mass is 35.5. The van der Waals surface area contributed by atoms with Gasteiger partial charge in [-0.3, -0.25) is 9.59 Å². The van der Waals surface area contributed by atoms with E-state index >= 15 is 0 Å². The van der Waals surface area contributed by atoms with E-state index < -0.39 is 11.8 Å². The average molecular weight is 391 g/mol. The van der Waals surface area contributed by atoms with Gasteiger partial charge in [0.1, 0.15) is 5.70 Å². The smallest absolute Gasteiger partial charge is 0.269 e. The molecule has 2 N–H and O–H groups in total. The number of carbonyl (C=O) groups is 2. The Morgan fingerprint density at radius 3 is 1.79 bits per heavy atom. The molecule has 0 radical (unpaired) electrons. The molecule has 0 aliphatic carbocycles. The Bertz CT molecular complexity index is 971. The van der Waals surface area contributed by atoms with Gasteiger partial charge in [0.05, 0.1) is 5.03 Å². The van der Waals surface area contributed by atoms with Crippen LogP contribution in [-0.2, 0) is 11.3 Å². The van der Waals surface area contributed by atoms with Crippen molar-refractivity contribution < 1.29 is 9.59 Å². The maximum atomic E-state index is 12.8. The topological polar surface area (TPSA) is 58.2 Å². The van der Waals surface area contributed by atoms with Crippen molar-refractivity contribution in [3.63, 3.8) is 0 Å². The Hall–Kier alpha value is -3.37. The van der Waals surface area contributed by atoms with Gasteiger partial charge in [-0.1, -0.05) is 90.5 Å². The molecule has 140 valence electrons. The van der Waals surface area contributed by atoms with Crippen molar-refractivity contribution in [1.29, 1.82) is 0 Å². The first-order chi connectivity index (χ1) is 13.6. The minimum atomic E-state index is -0.456. The van der Waals surface area contributed by atoms with Gasteiger partial charge >= 0.3 is 0 Å². The van der Waals surface area contributed by atoms with Gasteiger partial charge in [0.15, 0.2) is 0 Å². The van der Waals surface area contributed by atoms with E-state index in [0.29, 0.717) is 17.7 Å². The summed E-state index contributed by atoms with van der Waals surface area (Å²) < 4.78 is 0. The summed E-state index contributed by atoms with van der Waals surface area (Å²) in [5.41, 5.74) is 2.04. The number of benzene rings is 3. The number of hydrogen-bond donors (Lipinski definition) is 2. The molecule has 0 unspecified atom stereocenters. The van der Waals surface area contributed by atoms with Crippen molar-refractivity contribution in [3.8, 4) is 0 Å². The number of rotatable bonds is 6. The molecule has 28 heavy (non-hydrogen) atoms. The Labute approximate surface area is 168 Å². The molecule has 0 spiro atoms. The van der Waals surface area contributed by atoms with E-state index in [9.17, 15) is 9.59 Å². The van der Waals surface area contributed by atoms with Crippen LogP contribution >= 0.6 is 11.6 Å². The molecule has 5 heteroatoms. The molecule has 0 aromatic heterocycles. The van der Waals surface area contributed by atoms with Crippen LogP contribution in [0.25, 0.3) is 5.03 Å². The van der Waals surface area contributed by atoms with Crippen LogP contribution in [0.1, 0.15) is 21.5 Å². The summed E-state index contributed by atoms with van der Waals surface area (Å²) in [6, 6.07) is 27.2. The van der Waals surface area contributed by atoms with E-state index in [1.165, 1.54) is 0 Å². The second-order valence-electron chi connectivity index (χ2n) is 6.04. The molecule has 0 aliphatic rings. The number of nitrogens with one attached hydrogen (secondary N) is 2. The van der Waals surface area contributed by atoms with Gasteiger partial charge < -0.3 is 10.6 Å². The number of amides is 2. The highest BCUT2D eigenvalue weighted by Crippen LogP contribution is 2.22. The molecule has 0 bridgehead atoms. The van der Waals surface area contributed by atoms with Crippen LogP contribution in [0.3, 0.4) is 0 Å². The molecule has 3 rings (SSSR count). The third-order valence-electron chi connectivity index (χ3n) is 4.04. The first kappa shape index (κ1) is 19.4. The molecule has 0 aliphatic heterocycles. The zero-order valence-corrected chi connectivity index (χ0v) is 15.8. The van der Waals surface area contributed by atoms with Crippen molar-refractivity contribution in [3.05, 3.63) is 113 Å². The lowest BCUT2D eigenvalue weighted by atomic mass is 10.1. The lowest BCUT2D eigenvalue weighted by Crippen LogP contribution is -2.35. The van der Waals surface area contributed by atoms with E-state index in [1.54, 1.807) is 36.4 Å². The SMILES string of the molecule is O=C(NCc1ccccc1)/C(NC(=O)c1ccccc1)=C(\Cl)c1ccccc1. The van der Waals surface area contributed by atoms with E-state index in [2.05, 4.69) is 10.6 Å². The van der Waals surface area contributed by atoms with Gasteiger partial charge in [-0.25, -0.2) is 0 Å². The standard InChI is InChI=1S/C23H19ClN2O2/c24-20(18-12-6-2-7-13-18)21(26-22(27)19-14-8-3-9-15-19)23(28)25-16-17-10-4-1-5-11-17/h1-15H,16H2,(H,25,28)(H,26,27)/b21-20+. The Morgan fingerprint density at radius 2 is 1.21 bits per heavy atom. The first-order valence-electron chi connectivity index (χ1n) is 8.79. The van der Waals surface area contributed by atoms with E-state index in [-0.39, 0.29) is 10.7 Å². The van der Waals surface area contributed by atoms with Gasteiger partial charge in [0, 0.05) is 12.1 Å². The number of carbonyl (C=O) groups excluding carboxylic acids is 2. The van der Waals surface area contributed by atoms with E-state index in [4.69, 9.17) is 11.6 Å². The van der Waals surface area contributed by atoms with Crippen LogP contribution in [-0.4, -0.2) is 11.8 Å². The summed E-state index contributed by atoms with van der Waals surface area (Å²) >= 11 is 6.48. The average Bonchev–Trinajstić information content (AvgIpc) is 2.77. The van der Waals surface area contributed by atoms with E-state index in [1.807, 2.05) is 54.6 Å². The van der Waals surface area contributed by atoms with Gasteiger partial charge in [0.2, 0.25) is 0 Å². The lowest BCUT2D eigenvalue weighted by Gasteiger charge is -2.13. The largest absolute Gasteiger partial charge is 0.347 e. The van der Waals surface area contributed by atoms with Gasteiger partial charge in [-0.05, 0) is 23.3 Å². The summed E-state index contributed by atoms with van der Waals surface area (Å²) in [4.78, 5) is 25.4. The van der Waals surface area contributed by atoms with Crippen LogP contribution < -0.4 is 10.6 Å². The molecule has 4 nitrogen and oxygen atoms in total. The predicted octanol–water partition coefficient (Wildman–Crippen LogP) is 4.34. The lowest BCUT2D eigenvalue weighted by molar-refractivity contribution is -0.117. The number of hydrogen-bond acceptors (Lipinski definition) is 2. The number of halogens is 1. The van der Waals surface area contributed by atoms with Crippen LogP contribution in [0, 0.1) is 0 Å². The van der Waals surface area contributed by atoms with Crippen LogP contribution in [0.15, 0.2) is 96.7 Å². The normalized spacial score (nSPS) is 11.3. The highest BCUT2D eigenvalue weighted by molar-refractivity contribution is 6.51. The Morgan fingerprint density at radius 1 is 0.714 bits per heavy atom. The maximum Gasteiger partial charge on any atom is 0.269 e. The third kappa shape index (κ3) is 5.09. The van der Waals surface area contributed by atoms with Crippen molar-refractivity contribution >= 4 is 28.4 Å². The second-order valence-corrected chi connectivity index (χ2v) is 6.42. The molecular weight excluding hydrogens is 372 g/mol. The molecule has 3 aromatic rings. The summed E-state index contributed by atoms with van der Waals surface area (Å²) in [5, 5.41) is 5.65. The molecule has 0 saturated carbocycles. The van der Waals surface area contributed by atoms with Crippen LogP contribution in [0.4, 0.5) is 0 Å². The molecule has 0 saturated heterocycles. The Balaban J connectivity index is 1.86. The van der Waals surface area contributed by atoms with Crippen LogP contribution in [0.2, 0.25) is 0 Å². The minimum absolute atomic E-state index is 0.0117. The zero-order valence-electron chi connectivity index (χ0n) is 15.1. The maximum absolute atomic E-state index is 12.8. The molecule has 3 aromatic carbocycles. The predicted molar refractivity (Wildman–Crippen MR) is 111 cm³/mol. The molecule has 0 fully saturated rings. The summed E-state index contributed by atoms with van der Waals surface area (Å²) in [7, 11) is 0. The van der Waals surface area contributed by atoms with Gasteiger partial charge in [-0.2, -0.15) is 0 Å². The van der Waals surface area contributed by atoms with Gasteiger partial charge in [0.25, 0.3) is 11.8 Å².